The quantitative estimate of drug-likeness (QED) is 0.896. The van der Waals surface area contributed by atoms with Crippen LogP contribution in [-0.4, -0.2) is 23.5 Å². The highest BCUT2D eigenvalue weighted by atomic mass is 16.5. The van der Waals surface area contributed by atoms with Crippen molar-refractivity contribution in [3.63, 3.8) is 0 Å². The maximum atomic E-state index is 12.3. The maximum Gasteiger partial charge on any atom is 0.311 e. The van der Waals surface area contributed by atoms with Crippen LogP contribution in [0.2, 0.25) is 0 Å². The lowest BCUT2D eigenvalue weighted by Gasteiger charge is -2.33. The van der Waals surface area contributed by atoms with Crippen LogP contribution in [0.4, 0.5) is 0 Å². The molecule has 1 amide bonds. The molecular weight excluding hydrogens is 282 g/mol. The van der Waals surface area contributed by atoms with Gasteiger partial charge < -0.3 is 15.2 Å². The molecule has 5 nitrogen and oxygen atoms in total. The number of ether oxygens (including phenoxy) is 1. The van der Waals surface area contributed by atoms with Crippen LogP contribution in [0.3, 0.4) is 0 Å². The summed E-state index contributed by atoms with van der Waals surface area (Å²) >= 11 is 0. The molecule has 1 aromatic carbocycles. The third-order valence-corrected chi connectivity index (χ3v) is 4.84. The molecule has 22 heavy (non-hydrogen) atoms. The molecule has 2 N–H and O–H groups in total. The number of carbonyl (C=O) groups excluding carboxylic acids is 1. The summed E-state index contributed by atoms with van der Waals surface area (Å²) in [6.45, 7) is 1.34. The molecule has 2 aliphatic rings. The minimum Gasteiger partial charge on any atom is -0.481 e. The average molecular weight is 303 g/mol. The van der Waals surface area contributed by atoms with Gasteiger partial charge in [-0.25, -0.2) is 0 Å². The van der Waals surface area contributed by atoms with E-state index in [1.807, 2.05) is 12.1 Å². The standard InChI is InChI=1S/C17H21NO4/c19-15(12-4-5-13-9-22-10-14(13)8-12)18-11-17(16(20)21)6-2-1-3-7-17/h4-5,8H,1-3,6-7,9-11H2,(H,18,19)(H,20,21). The highest BCUT2D eigenvalue weighted by Crippen LogP contribution is 2.36. The Morgan fingerprint density at radius 3 is 2.59 bits per heavy atom. The molecule has 3 rings (SSSR count). The molecule has 1 aromatic rings. The molecule has 0 radical (unpaired) electrons. The van der Waals surface area contributed by atoms with Gasteiger partial charge in [-0.05, 0) is 36.1 Å². The zero-order valence-corrected chi connectivity index (χ0v) is 12.6. The Morgan fingerprint density at radius 2 is 1.86 bits per heavy atom. The van der Waals surface area contributed by atoms with E-state index in [9.17, 15) is 14.7 Å². The number of fused-ring (bicyclic) bond motifs is 1. The van der Waals surface area contributed by atoms with Crippen LogP contribution >= 0.6 is 0 Å². The Bertz CT molecular complexity index is 590. The van der Waals surface area contributed by atoms with Gasteiger partial charge in [0, 0.05) is 12.1 Å². The highest BCUT2D eigenvalue weighted by molar-refractivity contribution is 5.94. The number of carbonyl (C=O) groups is 2. The number of carboxylic acid groups (broad SMARTS) is 1. The number of rotatable bonds is 4. The van der Waals surface area contributed by atoms with E-state index >= 15 is 0 Å². The van der Waals surface area contributed by atoms with Crippen molar-refractivity contribution in [3.8, 4) is 0 Å². The number of nitrogens with one attached hydrogen (secondary N) is 1. The summed E-state index contributed by atoms with van der Waals surface area (Å²) in [6, 6.07) is 5.52. The minimum atomic E-state index is -0.798. The number of amides is 1. The van der Waals surface area contributed by atoms with Crippen LogP contribution in [-0.2, 0) is 22.7 Å². The second kappa shape index (κ2) is 6.08. The molecule has 1 aliphatic carbocycles. The van der Waals surface area contributed by atoms with Gasteiger partial charge in [-0.15, -0.1) is 0 Å². The van der Waals surface area contributed by atoms with E-state index in [1.54, 1.807) is 6.07 Å². The summed E-state index contributed by atoms with van der Waals surface area (Å²) in [7, 11) is 0. The number of carboxylic acids is 1. The van der Waals surface area contributed by atoms with Crippen LogP contribution in [0.5, 0.6) is 0 Å². The highest BCUT2D eigenvalue weighted by Gasteiger charge is 2.39. The number of aliphatic carboxylic acids is 1. The molecule has 118 valence electrons. The molecule has 0 unspecified atom stereocenters. The lowest BCUT2D eigenvalue weighted by atomic mass is 9.74. The second-order valence-corrected chi connectivity index (χ2v) is 6.31. The van der Waals surface area contributed by atoms with Crippen molar-refractivity contribution in [3.05, 3.63) is 34.9 Å². The predicted octanol–water partition coefficient (Wildman–Crippen LogP) is 2.48. The Balaban J connectivity index is 1.67. The van der Waals surface area contributed by atoms with Crippen molar-refractivity contribution in [2.75, 3.05) is 6.54 Å². The van der Waals surface area contributed by atoms with Crippen molar-refractivity contribution in [1.29, 1.82) is 0 Å². The molecule has 1 saturated carbocycles. The third kappa shape index (κ3) is 2.86. The Hall–Kier alpha value is -1.88. The second-order valence-electron chi connectivity index (χ2n) is 6.31. The zero-order valence-electron chi connectivity index (χ0n) is 12.6. The SMILES string of the molecule is O=C(NCC1(C(=O)O)CCCCC1)c1ccc2c(c1)COC2. The van der Waals surface area contributed by atoms with Gasteiger partial charge in [0.25, 0.3) is 5.91 Å². The number of benzene rings is 1. The van der Waals surface area contributed by atoms with E-state index in [4.69, 9.17) is 4.74 Å². The summed E-state index contributed by atoms with van der Waals surface area (Å²) in [5.74, 6) is -1.00. The average Bonchev–Trinajstić information content (AvgIpc) is 3.01. The molecule has 1 fully saturated rings. The Morgan fingerprint density at radius 1 is 1.14 bits per heavy atom. The van der Waals surface area contributed by atoms with Gasteiger partial charge in [0.1, 0.15) is 0 Å². The normalized spacial score (nSPS) is 19.5. The molecule has 1 aliphatic heterocycles. The Kier molecular flexibility index (Phi) is 4.16. The molecular formula is C17H21NO4. The van der Waals surface area contributed by atoms with Gasteiger partial charge >= 0.3 is 5.97 Å². The zero-order chi connectivity index (χ0) is 15.6. The van der Waals surface area contributed by atoms with Gasteiger partial charge in [0.2, 0.25) is 0 Å². The first-order valence-corrected chi connectivity index (χ1v) is 7.82. The van der Waals surface area contributed by atoms with Crippen molar-refractivity contribution in [2.45, 2.75) is 45.3 Å². The molecule has 0 spiro atoms. The van der Waals surface area contributed by atoms with Crippen LogP contribution in [0.1, 0.15) is 53.6 Å². The van der Waals surface area contributed by atoms with Gasteiger partial charge in [-0.2, -0.15) is 0 Å². The van der Waals surface area contributed by atoms with Crippen molar-refractivity contribution in [1.82, 2.24) is 5.32 Å². The van der Waals surface area contributed by atoms with E-state index in [0.29, 0.717) is 31.6 Å². The first-order chi connectivity index (χ1) is 10.6. The Labute approximate surface area is 129 Å². The summed E-state index contributed by atoms with van der Waals surface area (Å²) in [5.41, 5.74) is 1.93. The largest absolute Gasteiger partial charge is 0.481 e. The van der Waals surface area contributed by atoms with Crippen LogP contribution in [0.15, 0.2) is 18.2 Å². The monoisotopic (exact) mass is 303 g/mol. The summed E-state index contributed by atoms with van der Waals surface area (Å²) in [4.78, 5) is 23.9. The summed E-state index contributed by atoms with van der Waals surface area (Å²) in [6.07, 6.45) is 4.19. The first kappa shape index (κ1) is 15.0. The van der Waals surface area contributed by atoms with E-state index in [-0.39, 0.29) is 12.5 Å². The van der Waals surface area contributed by atoms with E-state index in [1.165, 1.54) is 0 Å². The molecule has 0 saturated heterocycles. The third-order valence-electron chi connectivity index (χ3n) is 4.84. The van der Waals surface area contributed by atoms with Gasteiger partial charge in [-0.3, -0.25) is 9.59 Å². The van der Waals surface area contributed by atoms with Crippen LogP contribution in [0, 0.1) is 5.41 Å². The number of hydrogen-bond donors (Lipinski definition) is 2. The van der Waals surface area contributed by atoms with E-state index in [0.717, 1.165) is 30.4 Å². The van der Waals surface area contributed by atoms with Crippen molar-refractivity contribution in [2.24, 2.45) is 5.41 Å². The number of hydrogen-bond acceptors (Lipinski definition) is 3. The minimum absolute atomic E-state index is 0.203. The summed E-state index contributed by atoms with van der Waals surface area (Å²) < 4.78 is 5.34. The lowest BCUT2D eigenvalue weighted by Crippen LogP contribution is -2.44. The molecule has 1 heterocycles. The van der Waals surface area contributed by atoms with Crippen molar-refractivity contribution < 1.29 is 19.4 Å². The predicted molar refractivity (Wildman–Crippen MR) is 80.4 cm³/mol. The fourth-order valence-electron chi connectivity index (χ4n) is 3.36. The van der Waals surface area contributed by atoms with Gasteiger partial charge in [0.15, 0.2) is 0 Å². The van der Waals surface area contributed by atoms with Gasteiger partial charge in [-0.1, -0.05) is 25.3 Å². The smallest absolute Gasteiger partial charge is 0.311 e. The van der Waals surface area contributed by atoms with E-state index < -0.39 is 11.4 Å². The van der Waals surface area contributed by atoms with Gasteiger partial charge in [0.05, 0.1) is 18.6 Å². The fraction of sp³-hybridized carbons (Fsp3) is 0.529. The van der Waals surface area contributed by atoms with E-state index in [2.05, 4.69) is 5.32 Å². The molecule has 5 heteroatoms. The topological polar surface area (TPSA) is 75.6 Å². The maximum absolute atomic E-state index is 12.3. The van der Waals surface area contributed by atoms with Crippen molar-refractivity contribution >= 4 is 11.9 Å². The molecule has 0 aromatic heterocycles. The molecule has 0 bridgehead atoms. The lowest BCUT2D eigenvalue weighted by molar-refractivity contribution is -0.150. The molecule has 0 atom stereocenters. The van der Waals surface area contributed by atoms with Crippen LogP contribution in [0.25, 0.3) is 0 Å². The summed E-state index contributed by atoms with van der Waals surface area (Å²) in [5, 5.41) is 12.4. The first-order valence-electron chi connectivity index (χ1n) is 7.82. The van der Waals surface area contributed by atoms with Crippen LogP contribution < -0.4 is 5.32 Å². The fourth-order valence-corrected chi connectivity index (χ4v) is 3.36.